The number of anilines is 1. The van der Waals surface area contributed by atoms with Gasteiger partial charge in [-0.3, -0.25) is 4.79 Å². The highest BCUT2D eigenvalue weighted by Gasteiger charge is 2.31. The minimum atomic E-state index is -4.48. The minimum Gasteiger partial charge on any atom is -0.325 e. The molecule has 0 aliphatic heterocycles. The molecule has 1 unspecified atom stereocenters. The quantitative estimate of drug-likeness (QED) is 0.434. The summed E-state index contributed by atoms with van der Waals surface area (Å²) in [6, 6.07) is 13.6. The van der Waals surface area contributed by atoms with E-state index < -0.39 is 22.9 Å². The van der Waals surface area contributed by atoms with Crippen LogP contribution in [0.4, 0.5) is 18.9 Å². The number of halogens is 3. The van der Waals surface area contributed by atoms with Crippen LogP contribution in [0, 0.1) is 0 Å². The summed E-state index contributed by atoms with van der Waals surface area (Å²) in [6.45, 7) is 2.01. The van der Waals surface area contributed by atoms with Crippen molar-refractivity contribution in [1.29, 1.82) is 0 Å². The first-order chi connectivity index (χ1) is 13.9. The minimum absolute atomic E-state index is 0.0887. The van der Waals surface area contributed by atoms with Crippen LogP contribution in [0.15, 0.2) is 63.3 Å². The SMILES string of the molecule is CCSc1nnc(SC(C(=O)Nc2cccc(C(F)(F)F)c2)c2ccccc2)s1. The van der Waals surface area contributed by atoms with E-state index in [4.69, 9.17) is 0 Å². The van der Waals surface area contributed by atoms with Crippen LogP contribution in [0.3, 0.4) is 0 Å². The van der Waals surface area contributed by atoms with Crippen molar-refractivity contribution >= 4 is 46.5 Å². The summed E-state index contributed by atoms with van der Waals surface area (Å²) in [6.07, 6.45) is -4.48. The van der Waals surface area contributed by atoms with E-state index in [1.165, 1.54) is 35.2 Å². The van der Waals surface area contributed by atoms with Gasteiger partial charge in [0.25, 0.3) is 0 Å². The van der Waals surface area contributed by atoms with Crippen LogP contribution in [0.2, 0.25) is 0 Å². The molecule has 0 saturated carbocycles. The monoisotopic (exact) mass is 455 g/mol. The Labute approximate surface area is 178 Å². The molecule has 152 valence electrons. The Morgan fingerprint density at radius 1 is 1.10 bits per heavy atom. The lowest BCUT2D eigenvalue weighted by Crippen LogP contribution is -2.19. The van der Waals surface area contributed by atoms with Crippen molar-refractivity contribution in [2.75, 3.05) is 11.1 Å². The van der Waals surface area contributed by atoms with Gasteiger partial charge in [0.15, 0.2) is 8.68 Å². The Balaban J connectivity index is 1.83. The third kappa shape index (κ3) is 5.97. The van der Waals surface area contributed by atoms with E-state index in [1.54, 1.807) is 36.0 Å². The zero-order valence-electron chi connectivity index (χ0n) is 15.1. The lowest BCUT2D eigenvalue weighted by atomic mass is 10.1. The van der Waals surface area contributed by atoms with Gasteiger partial charge in [0.1, 0.15) is 5.25 Å². The molecule has 1 N–H and O–H groups in total. The summed E-state index contributed by atoms with van der Waals surface area (Å²) in [7, 11) is 0. The van der Waals surface area contributed by atoms with Crippen molar-refractivity contribution in [2.45, 2.75) is 27.0 Å². The topological polar surface area (TPSA) is 54.9 Å². The number of carbonyl (C=O) groups excluding carboxylic acids is 1. The van der Waals surface area contributed by atoms with Crippen LogP contribution < -0.4 is 5.32 Å². The fourth-order valence-electron chi connectivity index (χ4n) is 2.41. The van der Waals surface area contributed by atoms with E-state index >= 15 is 0 Å². The highest BCUT2D eigenvalue weighted by molar-refractivity contribution is 8.03. The predicted molar refractivity (Wildman–Crippen MR) is 111 cm³/mol. The Hall–Kier alpha value is -2.04. The molecule has 3 aromatic rings. The summed E-state index contributed by atoms with van der Waals surface area (Å²) in [4.78, 5) is 12.9. The van der Waals surface area contributed by atoms with Gasteiger partial charge in [0, 0.05) is 5.69 Å². The Morgan fingerprint density at radius 3 is 2.52 bits per heavy atom. The zero-order valence-corrected chi connectivity index (χ0v) is 17.6. The number of amides is 1. The van der Waals surface area contributed by atoms with Crippen LogP contribution in [-0.2, 0) is 11.0 Å². The van der Waals surface area contributed by atoms with E-state index in [9.17, 15) is 18.0 Å². The van der Waals surface area contributed by atoms with Crippen LogP contribution in [0.5, 0.6) is 0 Å². The molecule has 1 aromatic heterocycles. The smallest absolute Gasteiger partial charge is 0.325 e. The Morgan fingerprint density at radius 2 is 1.83 bits per heavy atom. The molecule has 0 aliphatic rings. The molecule has 2 aromatic carbocycles. The summed E-state index contributed by atoms with van der Waals surface area (Å²) in [5, 5.41) is 10.1. The molecule has 1 amide bonds. The number of benzene rings is 2. The molecule has 0 bridgehead atoms. The molecule has 3 rings (SSSR count). The lowest BCUT2D eigenvalue weighted by molar-refractivity contribution is -0.137. The van der Waals surface area contributed by atoms with Crippen molar-refractivity contribution in [1.82, 2.24) is 10.2 Å². The first kappa shape index (κ1) is 21.7. The molecule has 0 spiro atoms. The maximum Gasteiger partial charge on any atom is 0.416 e. The highest BCUT2D eigenvalue weighted by Crippen LogP contribution is 2.39. The van der Waals surface area contributed by atoms with Crippen LogP contribution in [0.25, 0.3) is 0 Å². The molecule has 1 atom stereocenters. The number of hydrogen-bond donors (Lipinski definition) is 1. The number of aromatic nitrogens is 2. The van der Waals surface area contributed by atoms with E-state index in [1.807, 2.05) is 13.0 Å². The second kappa shape index (κ2) is 9.64. The zero-order chi connectivity index (χ0) is 20.9. The van der Waals surface area contributed by atoms with Gasteiger partial charge in [-0.25, -0.2) is 0 Å². The number of hydrogen-bond acceptors (Lipinski definition) is 6. The standard InChI is InChI=1S/C19H16F3N3OS3/c1-2-27-17-24-25-18(29-17)28-15(12-7-4-3-5-8-12)16(26)23-14-10-6-9-13(11-14)19(20,21)22/h3-11,15H,2H2,1H3,(H,23,26). The summed E-state index contributed by atoms with van der Waals surface area (Å²) in [5.41, 5.74) is -0.00251. The van der Waals surface area contributed by atoms with Gasteiger partial charge in [0.05, 0.1) is 5.56 Å². The maximum absolute atomic E-state index is 12.9. The second-order valence-corrected chi connectivity index (χ2v) is 9.58. The number of nitrogens with one attached hydrogen (secondary N) is 1. The number of rotatable bonds is 7. The van der Waals surface area contributed by atoms with Crippen molar-refractivity contribution < 1.29 is 18.0 Å². The Kier molecular flexibility index (Phi) is 7.20. The molecule has 0 fully saturated rings. The number of alkyl halides is 3. The second-order valence-electron chi connectivity index (χ2n) is 5.74. The number of carbonyl (C=O) groups is 1. The van der Waals surface area contributed by atoms with Gasteiger partial charge >= 0.3 is 6.18 Å². The first-order valence-corrected chi connectivity index (χ1v) is 11.2. The number of thioether (sulfide) groups is 2. The van der Waals surface area contributed by atoms with Crippen LogP contribution in [-0.4, -0.2) is 21.9 Å². The maximum atomic E-state index is 12.9. The van der Waals surface area contributed by atoms with E-state index in [0.29, 0.717) is 4.34 Å². The van der Waals surface area contributed by atoms with E-state index in [-0.39, 0.29) is 5.69 Å². The number of nitrogens with zero attached hydrogens (tertiary/aromatic N) is 2. The third-order valence-corrected chi connectivity index (χ3v) is 6.95. The molecule has 10 heteroatoms. The van der Waals surface area contributed by atoms with Gasteiger partial charge in [0.2, 0.25) is 5.91 Å². The van der Waals surface area contributed by atoms with Gasteiger partial charge in [-0.15, -0.1) is 10.2 Å². The normalized spacial score (nSPS) is 12.6. The molecular formula is C19H16F3N3OS3. The predicted octanol–water partition coefficient (Wildman–Crippen LogP) is 6.14. The van der Waals surface area contributed by atoms with Crippen LogP contribution >= 0.6 is 34.9 Å². The first-order valence-electron chi connectivity index (χ1n) is 8.53. The molecular weight excluding hydrogens is 439 g/mol. The molecule has 4 nitrogen and oxygen atoms in total. The van der Waals surface area contributed by atoms with Crippen LogP contribution in [0.1, 0.15) is 23.3 Å². The summed E-state index contributed by atoms with van der Waals surface area (Å²) in [5.74, 6) is 0.428. The molecule has 0 saturated heterocycles. The van der Waals surface area contributed by atoms with Gasteiger partial charge in [-0.2, -0.15) is 13.2 Å². The van der Waals surface area contributed by atoms with Crippen molar-refractivity contribution in [3.8, 4) is 0 Å². The van der Waals surface area contributed by atoms with Crippen molar-refractivity contribution in [2.24, 2.45) is 0 Å². The van der Waals surface area contributed by atoms with Gasteiger partial charge < -0.3 is 5.32 Å². The molecule has 29 heavy (non-hydrogen) atoms. The Bertz CT molecular complexity index is 964. The van der Waals surface area contributed by atoms with Crippen molar-refractivity contribution in [3.05, 3.63) is 65.7 Å². The average molecular weight is 456 g/mol. The third-order valence-electron chi connectivity index (χ3n) is 3.67. The summed E-state index contributed by atoms with van der Waals surface area (Å²) < 4.78 is 40.3. The fourth-order valence-corrected chi connectivity index (χ4v) is 5.52. The largest absolute Gasteiger partial charge is 0.416 e. The molecule has 0 radical (unpaired) electrons. The molecule has 0 aliphatic carbocycles. The van der Waals surface area contributed by atoms with Gasteiger partial charge in [-0.1, -0.05) is 78.2 Å². The van der Waals surface area contributed by atoms with E-state index in [0.717, 1.165) is 27.8 Å². The van der Waals surface area contributed by atoms with Crippen molar-refractivity contribution in [3.63, 3.8) is 0 Å². The van der Waals surface area contributed by atoms with Gasteiger partial charge in [-0.05, 0) is 29.5 Å². The summed E-state index contributed by atoms with van der Waals surface area (Å²) >= 11 is 4.17. The lowest BCUT2D eigenvalue weighted by Gasteiger charge is -2.16. The van der Waals surface area contributed by atoms with E-state index in [2.05, 4.69) is 15.5 Å². The highest BCUT2D eigenvalue weighted by atomic mass is 32.2. The molecule has 1 heterocycles. The average Bonchev–Trinajstić information content (AvgIpc) is 3.14. The fraction of sp³-hybridized carbons (Fsp3) is 0.211.